The highest BCUT2D eigenvalue weighted by molar-refractivity contribution is 7.98. The number of amides is 1. The fourth-order valence-electron chi connectivity index (χ4n) is 3.70. The molecule has 3 N–H and O–H groups in total. The number of benzene rings is 3. The van der Waals surface area contributed by atoms with E-state index in [0.717, 1.165) is 69.6 Å². The van der Waals surface area contributed by atoms with E-state index in [-0.39, 0.29) is 0 Å². The Bertz CT molecular complexity index is 1290. The Morgan fingerprint density at radius 3 is 2.28 bits per heavy atom. The second-order valence-corrected chi connectivity index (χ2v) is 10.4. The monoisotopic (exact) mass is 562 g/mol. The Balaban J connectivity index is 0.000000404. The number of thioether (sulfide) groups is 2. The molecule has 6 nitrogen and oxygen atoms in total. The summed E-state index contributed by atoms with van der Waals surface area (Å²) in [5, 5.41) is 9.15. The first kappa shape index (κ1) is 31.7. The maximum Gasteiger partial charge on any atom is 0.261 e. The maximum atomic E-state index is 11.3. The van der Waals surface area contributed by atoms with Crippen LogP contribution in [0.15, 0.2) is 82.1 Å². The topological polar surface area (TPSA) is 87.8 Å². The number of nitrogens with two attached hydrogens (primary N) is 1. The second kappa shape index (κ2) is 16.5. The van der Waals surface area contributed by atoms with E-state index in [0.29, 0.717) is 5.70 Å². The number of carbonyl (C=O) groups excluding carboxylic acids is 2. The Kier molecular flexibility index (Phi) is 13.4. The van der Waals surface area contributed by atoms with Crippen LogP contribution in [0.2, 0.25) is 0 Å². The highest BCUT2D eigenvalue weighted by Gasteiger charge is 2.16. The van der Waals surface area contributed by atoms with Gasteiger partial charge < -0.3 is 11.1 Å². The molecule has 0 radical (unpaired) electrons. The zero-order valence-electron chi connectivity index (χ0n) is 23.4. The first-order chi connectivity index (χ1) is 18.8. The lowest BCUT2D eigenvalue weighted by molar-refractivity contribution is -0.111. The lowest BCUT2D eigenvalue weighted by Gasteiger charge is -2.24. The quantitative estimate of drug-likeness (QED) is 0.104. The number of rotatable bonds is 12. The largest absolute Gasteiger partial charge is 0.388 e. The van der Waals surface area contributed by atoms with Crippen molar-refractivity contribution >= 4 is 59.0 Å². The molecule has 0 atom stereocenters. The van der Waals surface area contributed by atoms with Crippen LogP contribution in [-0.2, 0) is 11.2 Å². The third kappa shape index (κ3) is 9.64. The van der Waals surface area contributed by atoms with Crippen LogP contribution < -0.4 is 16.1 Å². The number of aldehydes is 1. The van der Waals surface area contributed by atoms with Crippen LogP contribution in [0.25, 0.3) is 5.70 Å². The molecule has 8 heteroatoms. The molecule has 0 saturated carbocycles. The first-order valence-electron chi connectivity index (χ1n) is 12.6. The number of primary amides is 1. The summed E-state index contributed by atoms with van der Waals surface area (Å²) in [5.41, 5.74) is 11.8. The van der Waals surface area contributed by atoms with Gasteiger partial charge in [0, 0.05) is 33.7 Å². The first-order valence-corrected chi connectivity index (χ1v) is 15.1. The van der Waals surface area contributed by atoms with Crippen LogP contribution in [0, 0.1) is 6.92 Å². The molecule has 3 aromatic rings. The molecule has 0 heterocycles. The van der Waals surface area contributed by atoms with Crippen molar-refractivity contribution < 1.29 is 9.59 Å². The van der Waals surface area contributed by atoms with Crippen molar-refractivity contribution in [3.05, 3.63) is 89.5 Å². The Morgan fingerprint density at radius 2 is 1.72 bits per heavy atom. The average molecular weight is 563 g/mol. The number of nitrogens with zero attached hydrogens (tertiary/aromatic N) is 2. The van der Waals surface area contributed by atoms with E-state index in [1.807, 2.05) is 68.9 Å². The summed E-state index contributed by atoms with van der Waals surface area (Å²) in [7, 11) is 1.89. The lowest BCUT2D eigenvalue weighted by atomic mass is 9.99. The van der Waals surface area contributed by atoms with Gasteiger partial charge in [0.05, 0.1) is 11.4 Å². The van der Waals surface area contributed by atoms with Crippen molar-refractivity contribution in [2.75, 3.05) is 29.9 Å². The molecule has 3 aromatic carbocycles. The molecule has 39 heavy (non-hydrogen) atoms. The molecule has 0 aliphatic rings. The predicted molar refractivity (Wildman–Crippen MR) is 170 cm³/mol. The number of anilines is 2. The van der Waals surface area contributed by atoms with Gasteiger partial charge in [-0.3, -0.25) is 9.59 Å². The highest BCUT2D eigenvalue weighted by Crippen LogP contribution is 2.31. The van der Waals surface area contributed by atoms with Crippen molar-refractivity contribution in [3.63, 3.8) is 0 Å². The number of carbonyl (C=O) groups is 2. The SMILES string of the molecule is C=C(c1cc(NC)ccc1CCCC)N(/N=C/C(N)=O)c1ccc(SC)cc1.CSc1ccc(C)c(C=O)c1. The zero-order valence-corrected chi connectivity index (χ0v) is 25.0. The summed E-state index contributed by atoms with van der Waals surface area (Å²) in [5.74, 6) is -0.603. The van der Waals surface area contributed by atoms with Crippen molar-refractivity contribution in [3.8, 4) is 0 Å². The number of unbranched alkanes of at least 4 members (excludes halogenated alkanes) is 1. The van der Waals surface area contributed by atoms with E-state index in [1.165, 1.54) is 5.56 Å². The molecular formula is C31H38N4O2S2. The summed E-state index contributed by atoms with van der Waals surface area (Å²) in [6, 6.07) is 20.1. The van der Waals surface area contributed by atoms with Crippen molar-refractivity contribution in [1.29, 1.82) is 0 Å². The van der Waals surface area contributed by atoms with Gasteiger partial charge in [-0.15, -0.1) is 23.5 Å². The number of hydrogen-bond acceptors (Lipinski definition) is 7. The molecule has 0 bridgehead atoms. The molecule has 0 aliphatic heterocycles. The lowest BCUT2D eigenvalue weighted by Crippen LogP contribution is -2.19. The van der Waals surface area contributed by atoms with E-state index >= 15 is 0 Å². The van der Waals surface area contributed by atoms with Gasteiger partial charge in [-0.1, -0.05) is 32.1 Å². The number of hydrazone groups is 1. The average Bonchev–Trinajstić information content (AvgIpc) is 2.96. The highest BCUT2D eigenvalue weighted by atomic mass is 32.2. The third-order valence-electron chi connectivity index (χ3n) is 6.00. The van der Waals surface area contributed by atoms with Crippen LogP contribution in [0.5, 0.6) is 0 Å². The summed E-state index contributed by atoms with van der Waals surface area (Å²) in [6.07, 6.45) is 9.19. The molecule has 0 aromatic heterocycles. The van der Waals surface area contributed by atoms with E-state index in [9.17, 15) is 9.59 Å². The van der Waals surface area contributed by atoms with Gasteiger partial charge in [0.15, 0.2) is 0 Å². The predicted octanol–water partition coefficient (Wildman–Crippen LogP) is 7.27. The molecular weight excluding hydrogens is 525 g/mol. The van der Waals surface area contributed by atoms with Gasteiger partial charge in [0.1, 0.15) is 12.5 Å². The Morgan fingerprint density at radius 1 is 1.05 bits per heavy atom. The van der Waals surface area contributed by atoms with Gasteiger partial charge in [0.2, 0.25) is 0 Å². The van der Waals surface area contributed by atoms with E-state index in [2.05, 4.69) is 42.1 Å². The fourth-order valence-corrected chi connectivity index (χ4v) is 4.56. The number of nitrogens with one attached hydrogen (secondary N) is 1. The molecule has 206 valence electrons. The number of aryl methyl sites for hydroxylation is 2. The third-order valence-corrected chi connectivity index (χ3v) is 7.46. The van der Waals surface area contributed by atoms with Gasteiger partial charge in [0.25, 0.3) is 5.91 Å². The van der Waals surface area contributed by atoms with Crippen LogP contribution >= 0.6 is 23.5 Å². The van der Waals surface area contributed by atoms with Crippen molar-refractivity contribution in [2.45, 2.75) is 42.9 Å². The second-order valence-electron chi connectivity index (χ2n) is 8.67. The molecule has 0 aliphatic carbocycles. The maximum absolute atomic E-state index is 11.3. The number of hydrogen-bond donors (Lipinski definition) is 2. The zero-order chi connectivity index (χ0) is 28.8. The van der Waals surface area contributed by atoms with E-state index < -0.39 is 5.91 Å². The summed E-state index contributed by atoms with van der Waals surface area (Å²) < 4.78 is 0. The summed E-state index contributed by atoms with van der Waals surface area (Å²) in [6.45, 7) is 8.41. The smallest absolute Gasteiger partial charge is 0.261 e. The minimum Gasteiger partial charge on any atom is -0.388 e. The van der Waals surface area contributed by atoms with Crippen LogP contribution in [0.1, 0.15) is 46.8 Å². The van der Waals surface area contributed by atoms with Gasteiger partial charge in [-0.2, -0.15) is 5.10 Å². The minimum atomic E-state index is -0.603. The van der Waals surface area contributed by atoms with E-state index in [4.69, 9.17) is 5.73 Å². The minimum absolute atomic E-state index is 0.603. The molecule has 0 unspecified atom stereocenters. The molecule has 1 amide bonds. The van der Waals surface area contributed by atoms with Crippen LogP contribution in [0.3, 0.4) is 0 Å². The van der Waals surface area contributed by atoms with Gasteiger partial charge in [-0.25, -0.2) is 5.01 Å². The fraction of sp³-hybridized carbons (Fsp3) is 0.258. The summed E-state index contributed by atoms with van der Waals surface area (Å²) in [4.78, 5) is 24.1. The molecule has 3 rings (SSSR count). The molecule has 0 saturated heterocycles. The van der Waals surface area contributed by atoms with Gasteiger partial charge in [-0.05, 0) is 91.9 Å². The van der Waals surface area contributed by atoms with Gasteiger partial charge >= 0.3 is 0 Å². The Labute approximate surface area is 241 Å². The van der Waals surface area contributed by atoms with Crippen LogP contribution in [-0.4, -0.2) is 38.0 Å². The van der Waals surface area contributed by atoms with Crippen molar-refractivity contribution in [2.24, 2.45) is 10.8 Å². The Hall–Kier alpha value is -3.49. The van der Waals surface area contributed by atoms with E-state index in [1.54, 1.807) is 28.5 Å². The van der Waals surface area contributed by atoms with Crippen molar-refractivity contribution in [1.82, 2.24) is 0 Å². The van der Waals surface area contributed by atoms with Crippen LogP contribution in [0.4, 0.5) is 11.4 Å². The normalized spacial score (nSPS) is 10.5. The summed E-state index contributed by atoms with van der Waals surface area (Å²) >= 11 is 3.32. The molecule has 0 fully saturated rings. The molecule has 0 spiro atoms. The standard InChI is InChI=1S/C22H28N4OS.C9H10OS/c1-5-6-7-17-8-9-18(24-3)14-21(17)16(2)26(25-15-22(23)27)19-10-12-20(28-4)13-11-19;1-7-3-4-9(11-2)5-8(7)6-10/h8-15,24H,2,5-7H2,1,3-4H3,(H2,23,27);3-6H,1-2H3/b25-15+;.